The second kappa shape index (κ2) is 4.04. The van der Waals surface area contributed by atoms with E-state index in [0.717, 1.165) is 6.08 Å². The summed E-state index contributed by atoms with van der Waals surface area (Å²) in [5, 5.41) is 19.8. The summed E-state index contributed by atoms with van der Waals surface area (Å²) in [6, 6.07) is -0.643. The van der Waals surface area contributed by atoms with Gasteiger partial charge in [0, 0.05) is 12.0 Å². The van der Waals surface area contributed by atoms with Crippen molar-refractivity contribution in [2.24, 2.45) is 5.92 Å². The Kier molecular flexibility index (Phi) is 3.02. The van der Waals surface area contributed by atoms with Gasteiger partial charge >= 0.3 is 11.9 Å². The first kappa shape index (κ1) is 9.73. The summed E-state index contributed by atoms with van der Waals surface area (Å²) in [5.41, 5.74) is 0. The van der Waals surface area contributed by atoms with Crippen LogP contribution in [0.1, 0.15) is 6.42 Å². The van der Waals surface area contributed by atoms with Crippen molar-refractivity contribution >= 4 is 11.9 Å². The van der Waals surface area contributed by atoms with Gasteiger partial charge in [-0.3, -0.25) is 4.79 Å². The van der Waals surface area contributed by atoms with Crippen molar-refractivity contribution in [3.63, 3.8) is 0 Å². The molecule has 0 bridgehead atoms. The fourth-order valence-electron chi connectivity index (χ4n) is 1.41. The summed E-state index contributed by atoms with van der Waals surface area (Å²) >= 11 is 0. The van der Waals surface area contributed by atoms with E-state index in [0.29, 0.717) is 13.0 Å². The van der Waals surface area contributed by atoms with Crippen molar-refractivity contribution in [3.8, 4) is 0 Å². The summed E-state index contributed by atoms with van der Waals surface area (Å²) in [5.74, 6) is -2.19. The van der Waals surface area contributed by atoms with Crippen LogP contribution in [0.5, 0.6) is 0 Å². The van der Waals surface area contributed by atoms with Gasteiger partial charge in [0.1, 0.15) is 6.04 Å². The van der Waals surface area contributed by atoms with Gasteiger partial charge in [0.15, 0.2) is 0 Å². The van der Waals surface area contributed by atoms with E-state index in [4.69, 9.17) is 10.2 Å². The number of hydrogen-bond acceptors (Lipinski definition) is 3. The van der Waals surface area contributed by atoms with Crippen molar-refractivity contribution in [2.45, 2.75) is 12.5 Å². The summed E-state index contributed by atoms with van der Waals surface area (Å²) in [6.45, 7) is 0.617. The van der Waals surface area contributed by atoms with Gasteiger partial charge < -0.3 is 15.5 Å². The first-order valence-corrected chi connectivity index (χ1v) is 3.98. The predicted octanol–water partition coefficient (Wildman–Crippen LogP) is -0.310. The van der Waals surface area contributed by atoms with Gasteiger partial charge in [0.05, 0.1) is 0 Å². The molecule has 1 rings (SSSR count). The monoisotopic (exact) mass is 185 g/mol. The lowest BCUT2D eigenvalue weighted by atomic mass is 10.0. The fourth-order valence-corrected chi connectivity index (χ4v) is 1.41. The predicted molar refractivity (Wildman–Crippen MR) is 44.3 cm³/mol. The number of hydrogen-bond donors (Lipinski definition) is 3. The molecule has 2 atom stereocenters. The van der Waals surface area contributed by atoms with E-state index in [2.05, 4.69) is 5.32 Å². The van der Waals surface area contributed by atoms with Gasteiger partial charge in [-0.1, -0.05) is 6.08 Å². The zero-order valence-corrected chi connectivity index (χ0v) is 6.93. The molecule has 5 nitrogen and oxygen atoms in total. The van der Waals surface area contributed by atoms with Crippen molar-refractivity contribution < 1.29 is 19.8 Å². The van der Waals surface area contributed by atoms with Crippen LogP contribution in [-0.4, -0.2) is 34.7 Å². The second-order valence-electron chi connectivity index (χ2n) is 2.92. The molecule has 1 aliphatic heterocycles. The summed E-state index contributed by atoms with van der Waals surface area (Å²) < 4.78 is 0. The highest BCUT2D eigenvalue weighted by Gasteiger charge is 2.30. The summed E-state index contributed by atoms with van der Waals surface area (Å²) in [6.07, 6.45) is 3.09. The molecule has 1 aliphatic rings. The molecule has 0 spiro atoms. The lowest BCUT2D eigenvalue weighted by molar-refractivity contribution is -0.139. The maximum Gasteiger partial charge on any atom is 0.327 e. The Labute approximate surface area is 75.1 Å². The van der Waals surface area contributed by atoms with E-state index in [1.807, 2.05) is 0 Å². The molecule has 0 aromatic heterocycles. The third-order valence-electron chi connectivity index (χ3n) is 2.02. The Hall–Kier alpha value is -1.36. The molecule has 1 fully saturated rings. The number of nitrogens with one attached hydrogen (secondary N) is 1. The van der Waals surface area contributed by atoms with Crippen LogP contribution < -0.4 is 5.32 Å². The van der Waals surface area contributed by atoms with Gasteiger partial charge in [0.2, 0.25) is 0 Å². The van der Waals surface area contributed by atoms with Crippen LogP contribution in [-0.2, 0) is 9.59 Å². The van der Waals surface area contributed by atoms with Crippen LogP contribution in [0.4, 0.5) is 0 Å². The highest BCUT2D eigenvalue weighted by atomic mass is 16.4. The Morgan fingerprint density at radius 3 is 2.62 bits per heavy atom. The van der Waals surface area contributed by atoms with Crippen LogP contribution in [0.2, 0.25) is 0 Å². The van der Waals surface area contributed by atoms with Crippen molar-refractivity contribution in [2.75, 3.05) is 6.54 Å². The first-order valence-electron chi connectivity index (χ1n) is 3.98. The van der Waals surface area contributed by atoms with Crippen molar-refractivity contribution in [3.05, 3.63) is 12.2 Å². The average Bonchev–Trinajstić information content (AvgIpc) is 2.47. The largest absolute Gasteiger partial charge is 0.480 e. The molecular weight excluding hydrogens is 174 g/mol. The minimum Gasteiger partial charge on any atom is -0.480 e. The number of carboxylic acids is 2. The Morgan fingerprint density at radius 2 is 2.08 bits per heavy atom. The molecule has 2 unspecified atom stereocenters. The molecule has 0 aliphatic carbocycles. The molecule has 0 amide bonds. The molecule has 0 aromatic carbocycles. The third-order valence-corrected chi connectivity index (χ3v) is 2.02. The minimum atomic E-state index is -1.05. The van der Waals surface area contributed by atoms with E-state index in [1.54, 1.807) is 0 Å². The molecule has 5 heteroatoms. The maximum absolute atomic E-state index is 10.6. The van der Waals surface area contributed by atoms with Crippen molar-refractivity contribution in [1.82, 2.24) is 5.32 Å². The van der Waals surface area contributed by atoms with E-state index in [1.165, 1.54) is 6.08 Å². The van der Waals surface area contributed by atoms with Gasteiger partial charge in [-0.05, 0) is 13.0 Å². The molecule has 3 N–H and O–H groups in total. The molecule has 1 heterocycles. The quantitative estimate of drug-likeness (QED) is 0.525. The van der Waals surface area contributed by atoms with Crippen LogP contribution in [0.25, 0.3) is 0 Å². The highest BCUT2D eigenvalue weighted by molar-refractivity contribution is 5.80. The number of carbonyl (C=O) groups is 2. The zero-order valence-electron chi connectivity index (χ0n) is 6.93. The van der Waals surface area contributed by atoms with Gasteiger partial charge in [-0.2, -0.15) is 0 Å². The van der Waals surface area contributed by atoms with E-state index in [-0.39, 0.29) is 5.92 Å². The molecular formula is C8H11NO4. The average molecular weight is 185 g/mol. The smallest absolute Gasteiger partial charge is 0.327 e. The Morgan fingerprint density at radius 1 is 1.38 bits per heavy atom. The third kappa shape index (κ3) is 2.55. The Bertz CT molecular complexity index is 249. The maximum atomic E-state index is 10.6. The van der Waals surface area contributed by atoms with Gasteiger partial charge in [0.25, 0.3) is 0 Å². The van der Waals surface area contributed by atoms with E-state index in [9.17, 15) is 9.59 Å². The van der Waals surface area contributed by atoms with Gasteiger partial charge in [-0.15, -0.1) is 0 Å². The number of carboxylic acid groups (broad SMARTS) is 2. The minimum absolute atomic E-state index is 0.214. The lowest BCUT2D eigenvalue weighted by Crippen LogP contribution is -2.34. The van der Waals surface area contributed by atoms with Crippen LogP contribution in [0.3, 0.4) is 0 Å². The zero-order chi connectivity index (χ0) is 9.84. The normalized spacial score (nSPS) is 28.0. The van der Waals surface area contributed by atoms with Gasteiger partial charge in [-0.25, -0.2) is 4.79 Å². The SMILES string of the molecule is O=C(O)/C=C/C1CCNC1C(=O)O. The topological polar surface area (TPSA) is 86.6 Å². The van der Waals surface area contributed by atoms with Crippen molar-refractivity contribution in [1.29, 1.82) is 0 Å². The fraction of sp³-hybridized carbons (Fsp3) is 0.500. The van der Waals surface area contributed by atoms with Crippen LogP contribution in [0, 0.1) is 5.92 Å². The molecule has 1 saturated heterocycles. The Balaban J connectivity index is 2.58. The molecule has 13 heavy (non-hydrogen) atoms. The van der Waals surface area contributed by atoms with E-state index < -0.39 is 18.0 Å². The summed E-state index contributed by atoms with van der Waals surface area (Å²) in [4.78, 5) is 20.8. The summed E-state index contributed by atoms with van der Waals surface area (Å²) in [7, 11) is 0. The molecule has 0 radical (unpaired) electrons. The standard InChI is InChI=1S/C8H11NO4/c10-6(11)2-1-5-3-4-9-7(5)8(12)13/h1-2,5,7,9H,3-4H2,(H,10,11)(H,12,13)/b2-1+. The molecule has 0 saturated carbocycles. The molecule has 72 valence electrons. The number of aliphatic carboxylic acids is 2. The second-order valence-corrected chi connectivity index (χ2v) is 2.92. The van der Waals surface area contributed by atoms with E-state index >= 15 is 0 Å². The van der Waals surface area contributed by atoms with Crippen LogP contribution >= 0.6 is 0 Å². The number of rotatable bonds is 3. The molecule has 0 aromatic rings. The lowest BCUT2D eigenvalue weighted by Gasteiger charge is -2.09. The first-order chi connectivity index (χ1) is 6.11. The highest BCUT2D eigenvalue weighted by Crippen LogP contribution is 2.16. The van der Waals surface area contributed by atoms with Crippen LogP contribution in [0.15, 0.2) is 12.2 Å².